The Hall–Kier alpha value is -2.94. The molecule has 0 bridgehead atoms. The number of nitrogens with one attached hydrogen (secondary N) is 1. The summed E-state index contributed by atoms with van der Waals surface area (Å²) in [7, 11) is -3.65. The van der Waals surface area contributed by atoms with Gasteiger partial charge in [-0.05, 0) is 37.3 Å². The third kappa shape index (κ3) is 7.14. The summed E-state index contributed by atoms with van der Waals surface area (Å²) in [6, 6.07) is 14.1. The fourth-order valence-corrected chi connectivity index (χ4v) is 4.10. The van der Waals surface area contributed by atoms with Crippen LogP contribution in [0.15, 0.2) is 48.5 Å². The zero-order valence-corrected chi connectivity index (χ0v) is 18.0. The highest BCUT2D eigenvalue weighted by Crippen LogP contribution is 2.27. The highest BCUT2D eigenvalue weighted by Gasteiger charge is 2.21. The first-order valence-corrected chi connectivity index (χ1v) is 11.6. The molecule has 0 aliphatic carbocycles. The van der Waals surface area contributed by atoms with Crippen LogP contribution in [0.25, 0.3) is 0 Å². The van der Waals surface area contributed by atoms with Crippen LogP contribution in [0.2, 0.25) is 0 Å². The Morgan fingerprint density at radius 2 is 1.83 bits per heavy atom. The molecule has 0 unspecified atom stereocenters. The third-order valence-corrected chi connectivity index (χ3v) is 5.82. The number of hydrogen-bond donors (Lipinski definition) is 1. The molecule has 2 aromatic carbocycles. The van der Waals surface area contributed by atoms with Gasteiger partial charge < -0.3 is 5.32 Å². The fraction of sp³-hybridized carbons (Fsp3) is 0.381. The number of benzene rings is 2. The zero-order chi connectivity index (χ0) is 22.1. The number of carbonyl (C=O) groups excluding carboxylic acids is 1. The molecule has 0 saturated heterocycles. The summed E-state index contributed by atoms with van der Waals surface area (Å²) in [5.74, 6) is -0.146. The molecule has 162 valence electrons. The minimum atomic E-state index is -3.65. The molecule has 2 rings (SSSR count). The van der Waals surface area contributed by atoms with E-state index in [0.717, 1.165) is 23.4 Å². The summed E-state index contributed by atoms with van der Waals surface area (Å²) in [6.07, 6.45) is 3.22. The molecule has 0 atom stereocenters. The van der Waals surface area contributed by atoms with Crippen molar-refractivity contribution in [3.63, 3.8) is 0 Å². The van der Waals surface area contributed by atoms with E-state index in [2.05, 4.69) is 5.32 Å². The predicted molar refractivity (Wildman–Crippen MR) is 117 cm³/mol. The molecule has 0 aliphatic rings. The molecule has 0 aliphatic heterocycles. The second kappa shape index (κ2) is 10.7. The van der Waals surface area contributed by atoms with E-state index in [0.29, 0.717) is 18.5 Å². The van der Waals surface area contributed by atoms with Crippen LogP contribution in [0.5, 0.6) is 0 Å². The van der Waals surface area contributed by atoms with Crippen LogP contribution in [0, 0.1) is 17.0 Å². The molecule has 0 spiro atoms. The smallest absolute Gasteiger partial charge is 0.271 e. The lowest BCUT2D eigenvalue weighted by molar-refractivity contribution is -0.384. The summed E-state index contributed by atoms with van der Waals surface area (Å²) in [6.45, 7) is 2.31. The van der Waals surface area contributed by atoms with E-state index in [1.807, 2.05) is 30.3 Å². The molecule has 0 fully saturated rings. The van der Waals surface area contributed by atoms with Gasteiger partial charge in [-0.1, -0.05) is 36.4 Å². The lowest BCUT2D eigenvalue weighted by atomic mass is 10.1. The number of amides is 1. The van der Waals surface area contributed by atoms with Crippen molar-refractivity contribution in [2.24, 2.45) is 0 Å². The molecule has 0 saturated carbocycles. The highest BCUT2D eigenvalue weighted by molar-refractivity contribution is 7.92. The number of sulfonamides is 1. The van der Waals surface area contributed by atoms with Gasteiger partial charge in [0.05, 0.1) is 16.9 Å². The van der Waals surface area contributed by atoms with Gasteiger partial charge in [0.25, 0.3) is 5.69 Å². The number of non-ortho nitro benzene ring substituents is 1. The van der Waals surface area contributed by atoms with Crippen LogP contribution in [0.1, 0.15) is 30.4 Å². The van der Waals surface area contributed by atoms with Crippen LogP contribution < -0.4 is 9.62 Å². The maximum absolute atomic E-state index is 12.2. The molecule has 0 radical (unpaired) electrons. The van der Waals surface area contributed by atoms with Crippen molar-refractivity contribution >= 4 is 27.3 Å². The van der Waals surface area contributed by atoms with E-state index in [9.17, 15) is 23.3 Å². The SMILES string of the molecule is Cc1ccc([N+](=O)[O-])cc1N(CCCC(=O)NCCCc1ccccc1)S(C)(=O)=O. The van der Waals surface area contributed by atoms with E-state index < -0.39 is 14.9 Å². The zero-order valence-electron chi connectivity index (χ0n) is 17.2. The van der Waals surface area contributed by atoms with E-state index >= 15 is 0 Å². The largest absolute Gasteiger partial charge is 0.356 e. The highest BCUT2D eigenvalue weighted by atomic mass is 32.2. The van der Waals surface area contributed by atoms with E-state index in [1.165, 1.54) is 23.8 Å². The predicted octanol–water partition coefficient (Wildman–Crippen LogP) is 3.20. The number of carbonyl (C=O) groups is 1. The Morgan fingerprint density at radius 1 is 1.13 bits per heavy atom. The Balaban J connectivity index is 1.87. The lowest BCUT2D eigenvalue weighted by Gasteiger charge is -2.24. The maximum atomic E-state index is 12.2. The molecule has 1 N–H and O–H groups in total. The van der Waals surface area contributed by atoms with Gasteiger partial charge in [0, 0.05) is 31.6 Å². The molecule has 0 aromatic heterocycles. The van der Waals surface area contributed by atoms with Crippen LogP contribution in [0.3, 0.4) is 0 Å². The Morgan fingerprint density at radius 3 is 2.47 bits per heavy atom. The van der Waals surface area contributed by atoms with Crippen molar-refractivity contribution in [1.82, 2.24) is 5.32 Å². The van der Waals surface area contributed by atoms with Crippen molar-refractivity contribution in [1.29, 1.82) is 0 Å². The Labute approximate surface area is 177 Å². The molecule has 1 amide bonds. The van der Waals surface area contributed by atoms with Crippen molar-refractivity contribution in [2.75, 3.05) is 23.7 Å². The first kappa shape index (κ1) is 23.3. The topological polar surface area (TPSA) is 110 Å². The monoisotopic (exact) mass is 433 g/mol. The van der Waals surface area contributed by atoms with Gasteiger partial charge in [-0.15, -0.1) is 0 Å². The van der Waals surface area contributed by atoms with Crippen molar-refractivity contribution < 1.29 is 18.1 Å². The fourth-order valence-electron chi connectivity index (χ4n) is 3.08. The first-order chi connectivity index (χ1) is 14.2. The summed E-state index contributed by atoms with van der Waals surface area (Å²) >= 11 is 0. The molecular weight excluding hydrogens is 406 g/mol. The first-order valence-electron chi connectivity index (χ1n) is 9.72. The molecule has 8 nitrogen and oxygen atoms in total. The number of nitrogens with zero attached hydrogens (tertiary/aromatic N) is 2. The van der Waals surface area contributed by atoms with Crippen LogP contribution in [-0.2, 0) is 21.2 Å². The van der Waals surface area contributed by atoms with Gasteiger partial charge in [-0.25, -0.2) is 8.42 Å². The van der Waals surface area contributed by atoms with Crippen LogP contribution >= 0.6 is 0 Å². The number of nitro groups is 1. The van der Waals surface area contributed by atoms with Gasteiger partial charge in [0.2, 0.25) is 15.9 Å². The lowest BCUT2D eigenvalue weighted by Crippen LogP contribution is -2.33. The standard InChI is InChI=1S/C21H27N3O5S/c1-17-12-13-19(24(26)27)16-20(17)23(30(2,28)29)15-7-11-21(25)22-14-6-10-18-8-4-3-5-9-18/h3-5,8-9,12-13,16H,6-7,10-11,14-15H2,1-2H3,(H,22,25). The van der Waals surface area contributed by atoms with Crippen molar-refractivity contribution in [3.8, 4) is 0 Å². The quantitative estimate of drug-likeness (QED) is 0.332. The number of hydrogen-bond acceptors (Lipinski definition) is 5. The average molecular weight is 434 g/mol. The van der Waals surface area contributed by atoms with Crippen LogP contribution in [0.4, 0.5) is 11.4 Å². The average Bonchev–Trinajstić information content (AvgIpc) is 2.69. The summed E-state index contributed by atoms with van der Waals surface area (Å²) in [5, 5.41) is 13.9. The minimum absolute atomic E-state index is 0.0677. The van der Waals surface area contributed by atoms with Gasteiger partial charge in [0.15, 0.2) is 0 Å². The molecule has 9 heteroatoms. The number of rotatable bonds is 11. The second-order valence-corrected chi connectivity index (χ2v) is 9.01. The van der Waals surface area contributed by atoms with Crippen molar-refractivity contribution in [3.05, 3.63) is 69.8 Å². The summed E-state index contributed by atoms with van der Waals surface area (Å²) in [4.78, 5) is 22.5. The molecular formula is C21H27N3O5S. The number of aryl methyl sites for hydroxylation is 2. The van der Waals surface area contributed by atoms with Crippen LogP contribution in [-0.4, -0.2) is 38.6 Å². The Kier molecular flexibility index (Phi) is 8.35. The van der Waals surface area contributed by atoms with Gasteiger partial charge in [0.1, 0.15) is 0 Å². The molecule has 30 heavy (non-hydrogen) atoms. The number of anilines is 1. The van der Waals surface area contributed by atoms with E-state index in [-0.39, 0.29) is 30.2 Å². The van der Waals surface area contributed by atoms with Gasteiger partial charge in [-0.3, -0.25) is 19.2 Å². The molecule has 2 aromatic rings. The molecule has 0 heterocycles. The van der Waals surface area contributed by atoms with E-state index in [1.54, 1.807) is 6.92 Å². The van der Waals surface area contributed by atoms with Gasteiger partial charge >= 0.3 is 0 Å². The maximum Gasteiger partial charge on any atom is 0.271 e. The minimum Gasteiger partial charge on any atom is -0.356 e. The van der Waals surface area contributed by atoms with Gasteiger partial charge in [-0.2, -0.15) is 0 Å². The van der Waals surface area contributed by atoms with E-state index in [4.69, 9.17) is 0 Å². The summed E-state index contributed by atoms with van der Waals surface area (Å²) < 4.78 is 25.6. The van der Waals surface area contributed by atoms with Crippen molar-refractivity contribution in [2.45, 2.75) is 32.6 Å². The normalized spacial score (nSPS) is 11.1. The third-order valence-electron chi connectivity index (χ3n) is 4.64. The summed E-state index contributed by atoms with van der Waals surface area (Å²) in [5.41, 5.74) is 1.90. The number of nitro benzene ring substituents is 1. The Bertz CT molecular complexity index is 977. The second-order valence-electron chi connectivity index (χ2n) is 7.11.